The maximum Gasteiger partial charge on any atom is 0.215 e. The maximum absolute atomic E-state index is 12.5. The van der Waals surface area contributed by atoms with Crippen LogP contribution in [0.15, 0.2) is 48.5 Å². The number of piperidine rings is 1. The highest BCUT2D eigenvalue weighted by Gasteiger charge is 2.21. The van der Waals surface area contributed by atoms with E-state index in [-0.39, 0.29) is 5.75 Å². The van der Waals surface area contributed by atoms with Crippen molar-refractivity contribution >= 4 is 10.0 Å². The maximum atomic E-state index is 12.5. The summed E-state index contributed by atoms with van der Waals surface area (Å²) in [5.41, 5.74) is 4.40. The van der Waals surface area contributed by atoms with E-state index in [9.17, 15) is 8.42 Å². The molecular weight excluding hydrogens is 368 g/mol. The highest BCUT2D eigenvalue weighted by Crippen LogP contribution is 2.18. The zero-order chi connectivity index (χ0) is 20.0. The second-order valence-electron chi connectivity index (χ2n) is 8.06. The SMILES string of the molecule is Cc1ccc(C)c(CS(=O)(=O)NCC2CCN(CCc3ccccc3)CC2)c1. The molecule has 1 saturated heterocycles. The first-order valence-electron chi connectivity index (χ1n) is 10.2. The van der Waals surface area contributed by atoms with Gasteiger partial charge in [0.25, 0.3) is 0 Å². The highest BCUT2D eigenvalue weighted by molar-refractivity contribution is 7.88. The van der Waals surface area contributed by atoms with Gasteiger partial charge in [-0.3, -0.25) is 0 Å². The molecule has 1 heterocycles. The third-order valence-electron chi connectivity index (χ3n) is 5.71. The first-order chi connectivity index (χ1) is 13.4. The van der Waals surface area contributed by atoms with Crippen molar-refractivity contribution in [2.24, 2.45) is 5.92 Å². The molecule has 5 heteroatoms. The molecule has 2 aromatic rings. The number of rotatable bonds is 8. The standard InChI is InChI=1S/C23H32N2O2S/c1-19-8-9-20(2)23(16-19)18-28(26,27)24-17-22-11-14-25(15-12-22)13-10-21-6-4-3-5-7-21/h3-9,16,22,24H,10-15,17-18H2,1-2H3. The van der Waals surface area contributed by atoms with Gasteiger partial charge in [-0.1, -0.05) is 54.1 Å². The lowest BCUT2D eigenvalue weighted by molar-refractivity contribution is 0.187. The van der Waals surface area contributed by atoms with E-state index in [4.69, 9.17) is 0 Å². The molecule has 0 unspecified atom stereocenters. The van der Waals surface area contributed by atoms with Gasteiger partial charge in [0, 0.05) is 13.1 Å². The summed E-state index contributed by atoms with van der Waals surface area (Å²) in [6.07, 6.45) is 3.19. The number of nitrogens with one attached hydrogen (secondary N) is 1. The number of sulfonamides is 1. The molecular formula is C23H32N2O2S. The van der Waals surface area contributed by atoms with Crippen molar-refractivity contribution < 1.29 is 8.42 Å². The smallest absolute Gasteiger partial charge is 0.215 e. The van der Waals surface area contributed by atoms with Crippen molar-refractivity contribution in [2.75, 3.05) is 26.2 Å². The van der Waals surface area contributed by atoms with E-state index in [2.05, 4.69) is 40.0 Å². The largest absolute Gasteiger partial charge is 0.303 e. The Morgan fingerprint density at radius 2 is 1.75 bits per heavy atom. The van der Waals surface area contributed by atoms with Crippen LogP contribution in [0.1, 0.15) is 35.1 Å². The molecule has 0 amide bonds. The van der Waals surface area contributed by atoms with E-state index in [0.29, 0.717) is 12.5 Å². The fourth-order valence-corrected chi connectivity index (χ4v) is 5.11. The Kier molecular flexibility index (Phi) is 7.27. The Morgan fingerprint density at radius 3 is 2.46 bits per heavy atom. The minimum atomic E-state index is -3.30. The number of benzene rings is 2. The monoisotopic (exact) mass is 400 g/mol. The molecule has 0 radical (unpaired) electrons. The summed E-state index contributed by atoms with van der Waals surface area (Å²) in [6.45, 7) is 7.70. The molecule has 0 atom stereocenters. The second kappa shape index (κ2) is 9.68. The molecule has 0 bridgehead atoms. The summed E-state index contributed by atoms with van der Waals surface area (Å²) in [5, 5.41) is 0. The van der Waals surface area contributed by atoms with Gasteiger partial charge in [0.05, 0.1) is 5.75 Å². The third-order valence-corrected chi connectivity index (χ3v) is 7.01. The van der Waals surface area contributed by atoms with Gasteiger partial charge in [-0.05, 0) is 68.8 Å². The van der Waals surface area contributed by atoms with E-state index in [1.165, 1.54) is 5.56 Å². The predicted molar refractivity (Wildman–Crippen MR) is 116 cm³/mol. The zero-order valence-corrected chi connectivity index (χ0v) is 17.8. The van der Waals surface area contributed by atoms with Crippen LogP contribution in [-0.4, -0.2) is 39.5 Å². The van der Waals surface area contributed by atoms with Crippen molar-refractivity contribution in [3.05, 3.63) is 70.8 Å². The average Bonchev–Trinajstić information content (AvgIpc) is 2.69. The first kappa shape index (κ1) is 21.0. The molecule has 1 fully saturated rings. The minimum absolute atomic E-state index is 0.0659. The number of hydrogen-bond donors (Lipinski definition) is 1. The Bertz CT molecular complexity index is 857. The van der Waals surface area contributed by atoms with E-state index in [1.807, 2.05) is 32.0 Å². The van der Waals surface area contributed by atoms with E-state index in [1.54, 1.807) is 0 Å². The molecule has 0 aromatic heterocycles. The average molecular weight is 401 g/mol. The van der Waals surface area contributed by atoms with Crippen LogP contribution < -0.4 is 4.72 Å². The van der Waals surface area contributed by atoms with Gasteiger partial charge in [-0.15, -0.1) is 0 Å². The van der Waals surface area contributed by atoms with Crippen LogP contribution >= 0.6 is 0 Å². The fraction of sp³-hybridized carbons (Fsp3) is 0.478. The van der Waals surface area contributed by atoms with Crippen LogP contribution in [-0.2, 0) is 22.2 Å². The molecule has 28 heavy (non-hydrogen) atoms. The lowest BCUT2D eigenvalue weighted by atomic mass is 9.97. The molecule has 0 spiro atoms. The van der Waals surface area contributed by atoms with Crippen LogP contribution in [0.3, 0.4) is 0 Å². The number of aryl methyl sites for hydroxylation is 2. The van der Waals surface area contributed by atoms with Crippen LogP contribution in [0.2, 0.25) is 0 Å². The molecule has 1 aliphatic heterocycles. The molecule has 2 aromatic carbocycles. The Balaban J connectivity index is 1.41. The Morgan fingerprint density at radius 1 is 1.04 bits per heavy atom. The predicted octanol–water partition coefficient (Wildman–Crippen LogP) is 3.68. The quantitative estimate of drug-likeness (QED) is 0.735. The molecule has 4 nitrogen and oxygen atoms in total. The Labute approximate surface area is 170 Å². The topological polar surface area (TPSA) is 49.4 Å². The molecule has 0 aliphatic carbocycles. The van der Waals surface area contributed by atoms with Gasteiger partial charge >= 0.3 is 0 Å². The third kappa shape index (κ3) is 6.43. The van der Waals surface area contributed by atoms with Crippen molar-refractivity contribution in [1.82, 2.24) is 9.62 Å². The van der Waals surface area contributed by atoms with Crippen molar-refractivity contribution in [1.29, 1.82) is 0 Å². The van der Waals surface area contributed by atoms with Gasteiger partial charge < -0.3 is 4.90 Å². The molecule has 1 aliphatic rings. The van der Waals surface area contributed by atoms with E-state index in [0.717, 1.165) is 55.6 Å². The van der Waals surface area contributed by atoms with Crippen LogP contribution in [0.5, 0.6) is 0 Å². The molecule has 1 N–H and O–H groups in total. The van der Waals surface area contributed by atoms with Crippen molar-refractivity contribution in [3.8, 4) is 0 Å². The van der Waals surface area contributed by atoms with Gasteiger partial charge in [0.15, 0.2) is 0 Å². The number of likely N-dealkylation sites (tertiary alicyclic amines) is 1. The minimum Gasteiger partial charge on any atom is -0.303 e. The molecule has 152 valence electrons. The molecule has 3 rings (SSSR count). The zero-order valence-electron chi connectivity index (χ0n) is 17.0. The first-order valence-corrected chi connectivity index (χ1v) is 11.9. The van der Waals surface area contributed by atoms with E-state index < -0.39 is 10.0 Å². The second-order valence-corrected chi connectivity index (χ2v) is 9.86. The summed E-state index contributed by atoms with van der Waals surface area (Å²) in [6, 6.07) is 16.6. The summed E-state index contributed by atoms with van der Waals surface area (Å²) in [5.74, 6) is 0.498. The fourth-order valence-electron chi connectivity index (χ4n) is 3.80. The summed E-state index contributed by atoms with van der Waals surface area (Å²) in [4.78, 5) is 2.49. The summed E-state index contributed by atoms with van der Waals surface area (Å²) < 4.78 is 27.9. The lowest BCUT2D eigenvalue weighted by Gasteiger charge is -2.32. The summed E-state index contributed by atoms with van der Waals surface area (Å²) in [7, 11) is -3.30. The number of hydrogen-bond acceptors (Lipinski definition) is 3. The Hall–Kier alpha value is -1.69. The van der Waals surface area contributed by atoms with Gasteiger partial charge in [-0.25, -0.2) is 13.1 Å². The van der Waals surface area contributed by atoms with E-state index >= 15 is 0 Å². The van der Waals surface area contributed by atoms with Crippen LogP contribution in [0.25, 0.3) is 0 Å². The van der Waals surface area contributed by atoms with Gasteiger partial charge in [0.1, 0.15) is 0 Å². The van der Waals surface area contributed by atoms with Crippen molar-refractivity contribution in [2.45, 2.75) is 38.9 Å². The van der Waals surface area contributed by atoms with Crippen LogP contribution in [0.4, 0.5) is 0 Å². The van der Waals surface area contributed by atoms with Crippen molar-refractivity contribution in [3.63, 3.8) is 0 Å². The highest BCUT2D eigenvalue weighted by atomic mass is 32.2. The summed E-state index contributed by atoms with van der Waals surface area (Å²) >= 11 is 0. The molecule has 0 saturated carbocycles. The lowest BCUT2D eigenvalue weighted by Crippen LogP contribution is -2.39. The van der Waals surface area contributed by atoms with Gasteiger partial charge in [-0.2, -0.15) is 0 Å². The van der Waals surface area contributed by atoms with Gasteiger partial charge in [0.2, 0.25) is 10.0 Å². The number of nitrogens with zero attached hydrogens (tertiary/aromatic N) is 1. The van der Waals surface area contributed by atoms with Crippen LogP contribution in [0, 0.1) is 19.8 Å². The normalized spacial score (nSPS) is 16.4.